The van der Waals surface area contributed by atoms with Gasteiger partial charge in [-0.3, -0.25) is 0 Å². The second-order valence-electron chi connectivity index (χ2n) is 4.11. The van der Waals surface area contributed by atoms with Crippen molar-refractivity contribution in [1.82, 2.24) is 0 Å². The summed E-state index contributed by atoms with van der Waals surface area (Å²) >= 11 is 5.97. The highest BCUT2D eigenvalue weighted by atomic mass is 35.5. The second-order valence-corrected chi connectivity index (χ2v) is 4.52. The van der Waals surface area contributed by atoms with Gasteiger partial charge in [0.2, 0.25) is 0 Å². The average Bonchev–Trinajstić information content (AvgIpc) is 2.22. The van der Waals surface area contributed by atoms with Crippen molar-refractivity contribution in [2.75, 3.05) is 0 Å². The van der Waals surface area contributed by atoms with Gasteiger partial charge in [-0.15, -0.1) is 0 Å². The van der Waals surface area contributed by atoms with E-state index in [4.69, 9.17) is 17.3 Å². The van der Waals surface area contributed by atoms with Gasteiger partial charge in [-0.25, -0.2) is 0 Å². The zero-order valence-corrected chi connectivity index (χ0v) is 10.3. The number of unbranched alkanes of at least 4 members (excludes halogenated alkanes) is 2. The smallest absolute Gasteiger partial charge is 0.0435 e. The van der Waals surface area contributed by atoms with Crippen molar-refractivity contribution < 1.29 is 0 Å². The quantitative estimate of drug-likeness (QED) is 0.746. The first-order valence-corrected chi connectivity index (χ1v) is 6.04. The Morgan fingerprint density at radius 1 is 1.33 bits per heavy atom. The fourth-order valence-electron chi connectivity index (χ4n) is 1.68. The van der Waals surface area contributed by atoms with E-state index in [0.29, 0.717) is 0 Å². The van der Waals surface area contributed by atoms with Crippen LogP contribution in [0.25, 0.3) is 0 Å². The van der Waals surface area contributed by atoms with E-state index in [1.165, 1.54) is 24.8 Å². The SMILES string of the molecule is CCCCC[C@H](N)c1ccc(Cl)c(C)c1. The van der Waals surface area contributed by atoms with Crippen LogP contribution < -0.4 is 5.73 Å². The zero-order valence-electron chi connectivity index (χ0n) is 9.59. The Balaban J connectivity index is 2.57. The normalized spacial score (nSPS) is 12.8. The molecule has 0 radical (unpaired) electrons. The molecule has 2 heteroatoms. The van der Waals surface area contributed by atoms with Crippen molar-refractivity contribution in [2.45, 2.75) is 45.6 Å². The number of hydrogen-bond acceptors (Lipinski definition) is 1. The number of benzene rings is 1. The molecule has 0 aliphatic carbocycles. The Morgan fingerprint density at radius 3 is 2.67 bits per heavy atom. The van der Waals surface area contributed by atoms with Crippen LogP contribution in [0.3, 0.4) is 0 Å². The van der Waals surface area contributed by atoms with Crippen LogP contribution in [0.5, 0.6) is 0 Å². The van der Waals surface area contributed by atoms with E-state index in [9.17, 15) is 0 Å². The van der Waals surface area contributed by atoms with Crippen molar-refractivity contribution in [3.63, 3.8) is 0 Å². The standard InChI is InChI=1S/C13H20ClN/c1-3-4-5-6-13(15)11-7-8-12(14)10(2)9-11/h7-9,13H,3-6,15H2,1-2H3/t13-/m0/s1. The lowest BCUT2D eigenvalue weighted by atomic mass is 10.00. The van der Waals surface area contributed by atoms with Gasteiger partial charge in [0.15, 0.2) is 0 Å². The van der Waals surface area contributed by atoms with Crippen molar-refractivity contribution in [3.05, 3.63) is 34.3 Å². The van der Waals surface area contributed by atoms with E-state index in [1.54, 1.807) is 0 Å². The maximum absolute atomic E-state index is 6.11. The van der Waals surface area contributed by atoms with Gasteiger partial charge in [0.25, 0.3) is 0 Å². The van der Waals surface area contributed by atoms with Gasteiger partial charge < -0.3 is 5.73 Å². The number of halogens is 1. The molecule has 0 aromatic heterocycles. The number of rotatable bonds is 5. The van der Waals surface area contributed by atoms with Crippen molar-refractivity contribution in [2.24, 2.45) is 5.73 Å². The molecule has 0 spiro atoms. The first-order chi connectivity index (χ1) is 7.15. The molecule has 0 aliphatic rings. The fourth-order valence-corrected chi connectivity index (χ4v) is 1.80. The molecule has 0 amide bonds. The Bertz CT molecular complexity index is 309. The summed E-state index contributed by atoms with van der Waals surface area (Å²) in [5.41, 5.74) is 8.42. The van der Waals surface area contributed by atoms with E-state index in [2.05, 4.69) is 13.0 Å². The van der Waals surface area contributed by atoms with Crippen LogP contribution >= 0.6 is 11.6 Å². The van der Waals surface area contributed by atoms with Crippen molar-refractivity contribution in [3.8, 4) is 0 Å². The molecule has 1 nitrogen and oxygen atoms in total. The van der Waals surface area contributed by atoms with E-state index in [1.807, 2.05) is 19.1 Å². The predicted octanol–water partition coefficient (Wildman–Crippen LogP) is 4.23. The molecule has 2 N–H and O–H groups in total. The van der Waals surface area contributed by atoms with Crippen LogP contribution in [-0.4, -0.2) is 0 Å². The summed E-state index contributed by atoms with van der Waals surface area (Å²) in [5.74, 6) is 0. The van der Waals surface area contributed by atoms with Gasteiger partial charge in [0, 0.05) is 11.1 Å². The lowest BCUT2D eigenvalue weighted by molar-refractivity contribution is 0.581. The third kappa shape index (κ3) is 3.84. The Labute approximate surface area is 97.6 Å². The number of hydrogen-bond donors (Lipinski definition) is 1. The monoisotopic (exact) mass is 225 g/mol. The maximum atomic E-state index is 6.11. The van der Waals surface area contributed by atoms with Gasteiger partial charge in [0.05, 0.1) is 0 Å². The molecule has 1 aromatic carbocycles. The molecule has 0 unspecified atom stereocenters. The molecule has 0 bridgehead atoms. The highest BCUT2D eigenvalue weighted by molar-refractivity contribution is 6.31. The predicted molar refractivity (Wildman–Crippen MR) is 67.3 cm³/mol. The first-order valence-electron chi connectivity index (χ1n) is 5.66. The summed E-state index contributed by atoms with van der Waals surface area (Å²) in [7, 11) is 0. The molecular formula is C13H20ClN. The van der Waals surface area contributed by atoms with Gasteiger partial charge in [0.1, 0.15) is 0 Å². The molecule has 84 valence electrons. The molecule has 0 heterocycles. The lowest BCUT2D eigenvalue weighted by Crippen LogP contribution is -2.10. The van der Waals surface area contributed by atoms with E-state index in [0.717, 1.165) is 17.0 Å². The third-order valence-corrected chi connectivity index (χ3v) is 3.15. The Morgan fingerprint density at radius 2 is 2.07 bits per heavy atom. The van der Waals surface area contributed by atoms with Crippen LogP contribution in [0.1, 0.15) is 49.8 Å². The summed E-state index contributed by atoms with van der Waals surface area (Å²) in [6.07, 6.45) is 4.78. The molecule has 0 fully saturated rings. The highest BCUT2D eigenvalue weighted by Crippen LogP contribution is 2.22. The maximum Gasteiger partial charge on any atom is 0.0435 e. The van der Waals surface area contributed by atoms with Crippen molar-refractivity contribution in [1.29, 1.82) is 0 Å². The van der Waals surface area contributed by atoms with E-state index >= 15 is 0 Å². The van der Waals surface area contributed by atoms with Gasteiger partial charge in [-0.2, -0.15) is 0 Å². The zero-order chi connectivity index (χ0) is 11.3. The largest absolute Gasteiger partial charge is 0.324 e. The number of nitrogens with two attached hydrogens (primary N) is 1. The first kappa shape index (κ1) is 12.5. The molecule has 0 saturated heterocycles. The molecule has 1 rings (SSSR count). The van der Waals surface area contributed by atoms with E-state index < -0.39 is 0 Å². The van der Waals surface area contributed by atoms with Crippen molar-refractivity contribution >= 4 is 11.6 Å². The highest BCUT2D eigenvalue weighted by Gasteiger charge is 2.06. The van der Waals surface area contributed by atoms with Crippen LogP contribution in [0, 0.1) is 6.92 Å². The van der Waals surface area contributed by atoms with Crippen LogP contribution in [0.15, 0.2) is 18.2 Å². The minimum absolute atomic E-state index is 0.160. The summed E-state index contributed by atoms with van der Waals surface area (Å²) in [6, 6.07) is 6.23. The molecular weight excluding hydrogens is 206 g/mol. The summed E-state index contributed by atoms with van der Waals surface area (Å²) in [6.45, 7) is 4.22. The van der Waals surface area contributed by atoms with Gasteiger partial charge in [-0.05, 0) is 30.5 Å². The lowest BCUT2D eigenvalue weighted by Gasteiger charge is -2.12. The molecule has 0 saturated carbocycles. The summed E-state index contributed by atoms with van der Waals surface area (Å²) in [4.78, 5) is 0. The second kappa shape index (κ2) is 6.14. The fraction of sp³-hybridized carbons (Fsp3) is 0.538. The van der Waals surface area contributed by atoms with Crippen LogP contribution in [-0.2, 0) is 0 Å². The average molecular weight is 226 g/mol. The van der Waals surface area contributed by atoms with Crippen LogP contribution in [0.2, 0.25) is 5.02 Å². The molecule has 15 heavy (non-hydrogen) atoms. The van der Waals surface area contributed by atoms with E-state index in [-0.39, 0.29) is 6.04 Å². The Hall–Kier alpha value is -0.530. The van der Waals surface area contributed by atoms with Crippen LogP contribution in [0.4, 0.5) is 0 Å². The molecule has 0 aliphatic heterocycles. The van der Waals surface area contributed by atoms with Gasteiger partial charge in [-0.1, -0.05) is 49.9 Å². The number of aryl methyl sites for hydroxylation is 1. The molecule has 1 aromatic rings. The minimum atomic E-state index is 0.160. The molecule has 1 atom stereocenters. The summed E-state index contributed by atoms with van der Waals surface area (Å²) < 4.78 is 0. The topological polar surface area (TPSA) is 26.0 Å². The van der Waals surface area contributed by atoms with Gasteiger partial charge >= 0.3 is 0 Å². The minimum Gasteiger partial charge on any atom is -0.324 e. The summed E-state index contributed by atoms with van der Waals surface area (Å²) in [5, 5.41) is 0.819. The third-order valence-electron chi connectivity index (χ3n) is 2.73. The Kier molecular flexibility index (Phi) is 5.13.